The Kier molecular flexibility index (Phi) is 9.13. The van der Waals surface area contributed by atoms with Gasteiger partial charge >= 0.3 is 30.1 Å². The Morgan fingerprint density at radius 1 is 0.750 bits per heavy atom. The van der Waals surface area contributed by atoms with Crippen molar-refractivity contribution in [3.8, 4) is 0 Å². The van der Waals surface area contributed by atoms with Gasteiger partial charge in [-0.05, 0) is 70.5 Å². The van der Waals surface area contributed by atoms with E-state index in [2.05, 4.69) is 15.9 Å². The molecule has 0 radical (unpaired) electrons. The van der Waals surface area contributed by atoms with Crippen LogP contribution in [0.4, 0.5) is 68.5 Å². The first-order valence-corrected chi connectivity index (χ1v) is 12.3. The van der Waals surface area contributed by atoms with Crippen LogP contribution in [0.25, 0.3) is 0 Å². The zero-order valence-corrected chi connectivity index (χ0v) is 22.9. The first-order valence-electron chi connectivity index (χ1n) is 11.5. The fraction of sp³-hybridized carbons (Fsp3) is 0.231. The van der Waals surface area contributed by atoms with Crippen LogP contribution in [0.3, 0.4) is 0 Å². The summed E-state index contributed by atoms with van der Waals surface area (Å²) >= 11 is 2.30. The molecule has 1 unspecified atom stereocenters. The molecule has 0 saturated carbocycles. The lowest BCUT2D eigenvalue weighted by Gasteiger charge is -2.36. The second kappa shape index (κ2) is 11.6. The summed E-state index contributed by atoms with van der Waals surface area (Å²) in [6.07, 6.45) is -20.1. The molecule has 1 atom stereocenters. The fourth-order valence-electron chi connectivity index (χ4n) is 3.82. The summed E-state index contributed by atoms with van der Waals surface area (Å²) in [7, 11) is 1.22. The van der Waals surface area contributed by atoms with E-state index in [0.29, 0.717) is 0 Å². The highest BCUT2D eigenvalue weighted by molar-refractivity contribution is 9.10. The van der Waals surface area contributed by atoms with E-state index < -0.39 is 86.7 Å². The third-order valence-corrected chi connectivity index (χ3v) is 6.73. The molecule has 3 rings (SSSR count). The van der Waals surface area contributed by atoms with Crippen LogP contribution < -0.4 is 10.2 Å². The maximum Gasteiger partial charge on any atom is 0.457 e. The first kappa shape index (κ1) is 34.7. The van der Waals surface area contributed by atoms with E-state index in [4.69, 9.17) is 0 Å². The lowest BCUT2D eigenvalue weighted by molar-refractivity contribution is -0.389. The van der Waals surface area contributed by atoms with Crippen molar-refractivity contribution in [2.75, 3.05) is 17.3 Å². The normalized spacial score (nSPS) is 14.2. The molecule has 0 heterocycles. The maximum atomic E-state index is 14.9. The van der Waals surface area contributed by atoms with Gasteiger partial charge in [0.25, 0.3) is 11.8 Å². The predicted molar refractivity (Wildman–Crippen MR) is 133 cm³/mol. The summed E-state index contributed by atoms with van der Waals surface area (Å²) in [5.41, 5.74) is -13.8. The summed E-state index contributed by atoms with van der Waals surface area (Å²) in [4.78, 5) is 26.5. The van der Waals surface area contributed by atoms with Crippen molar-refractivity contribution >= 4 is 39.1 Å². The van der Waals surface area contributed by atoms with Crippen LogP contribution in [0.5, 0.6) is 0 Å². The van der Waals surface area contributed by atoms with Crippen molar-refractivity contribution in [2.45, 2.75) is 30.1 Å². The van der Waals surface area contributed by atoms with Crippen molar-refractivity contribution < 1.29 is 66.7 Å². The standard InChI is InChI=1S/C26H14BrF13N2O2/c1-42(21(44)12-5-7-15(28)8-6-12)16-4-2-3-13(9-16)20(43)41-19-17(23(30,31)32)10-14(11-18(19)27)22(29,25(35,36)37)24(33,34)26(38,39)40/h2-11H,1H3,(H,41,43). The molecule has 0 aliphatic heterocycles. The van der Waals surface area contributed by atoms with Crippen LogP contribution in [-0.2, 0) is 11.8 Å². The number of carbonyl (C=O) groups excluding carboxylic acids is 2. The molecule has 0 fully saturated rings. The third-order valence-electron chi connectivity index (χ3n) is 6.10. The molecule has 238 valence electrons. The molecule has 0 aromatic heterocycles. The fourth-order valence-corrected chi connectivity index (χ4v) is 4.38. The molecule has 0 aliphatic carbocycles. The van der Waals surface area contributed by atoms with Crippen molar-refractivity contribution in [1.82, 2.24) is 0 Å². The average molecular weight is 713 g/mol. The highest BCUT2D eigenvalue weighted by Gasteiger charge is 2.82. The van der Waals surface area contributed by atoms with Crippen LogP contribution in [0.1, 0.15) is 31.8 Å². The second-order valence-corrected chi connectivity index (χ2v) is 9.84. The summed E-state index contributed by atoms with van der Waals surface area (Å²) in [6, 6.07) is 7.38. The topological polar surface area (TPSA) is 49.4 Å². The van der Waals surface area contributed by atoms with Gasteiger partial charge < -0.3 is 10.2 Å². The molecule has 3 aromatic carbocycles. The highest BCUT2D eigenvalue weighted by Crippen LogP contribution is 2.59. The molecule has 2 amide bonds. The Hall–Kier alpha value is -3.83. The first-order chi connectivity index (χ1) is 19.9. The van der Waals surface area contributed by atoms with E-state index in [1.54, 1.807) is 5.32 Å². The number of anilines is 2. The Balaban J connectivity index is 2.07. The molecule has 18 heteroatoms. The Labute approximate surface area is 246 Å². The number of rotatable bonds is 6. The van der Waals surface area contributed by atoms with Crippen LogP contribution >= 0.6 is 15.9 Å². The van der Waals surface area contributed by atoms with Gasteiger partial charge in [-0.25, -0.2) is 8.78 Å². The van der Waals surface area contributed by atoms with Gasteiger partial charge in [-0.3, -0.25) is 9.59 Å². The molecule has 4 nitrogen and oxygen atoms in total. The summed E-state index contributed by atoms with van der Waals surface area (Å²) in [5.74, 6) is -10.0. The van der Waals surface area contributed by atoms with Gasteiger partial charge in [-0.15, -0.1) is 0 Å². The molecule has 44 heavy (non-hydrogen) atoms. The number of halogens is 14. The van der Waals surface area contributed by atoms with Gasteiger partial charge in [-0.2, -0.15) is 48.3 Å². The van der Waals surface area contributed by atoms with E-state index in [1.807, 2.05) is 0 Å². The van der Waals surface area contributed by atoms with Gasteiger partial charge in [0.15, 0.2) is 0 Å². The molecule has 0 saturated heterocycles. The molecule has 0 spiro atoms. The highest BCUT2D eigenvalue weighted by atomic mass is 79.9. The number of nitrogens with one attached hydrogen (secondary N) is 1. The Bertz CT molecular complexity index is 1570. The van der Waals surface area contributed by atoms with E-state index in [-0.39, 0.29) is 11.3 Å². The molecule has 3 aromatic rings. The quantitative estimate of drug-likeness (QED) is 0.260. The van der Waals surface area contributed by atoms with Crippen LogP contribution in [0.2, 0.25) is 0 Å². The minimum Gasteiger partial charge on any atom is -0.320 e. The Morgan fingerprint density at radius 2 is 1.32 bits per heavy atom. The lowest BCUT2D eigenvalue weighted by Crippen LogP contribution is -2.59. The van der Waals surface area contributed by atoms with Crippen molar-refractivity contribution in [2.24, 2.45) is 0 Å². The van der Waals surface area contributed by atoms with Crippen LogP contribution in [0, 0.1) is 5.82 Å². The van der Waals surface area contributed by atoms with Crippen LogP contribution in [0.15, 0.2) is 65.1 Å². The van der Waals surface area contributed by atoms with E-state index in [1.165, 1.54) is 19.2 Å². The zero-order chi connectivity index (χ0) is 33.6. The van der Waals surface area contributed by atoms with Crippen molar-refractivity contribution in [3.63, 3.8) is 0 Å². The SMILES string of the molecule is CN(C(=O)c1ccc(F)cc1)c1cccc(C(=O)Nc2c(Br)cc(C(F)(C(F)(F)F)C(F)(F)C(F)(F)F)cc2C(F)(F)F)c1. The summed E-state index contributed by atoms with van der Waals surface area (Å²) in [6.45, 7) is 0. The van der Waals surface area contributed by atoms with E-state index >= 15 is 0 Å². The largest absolute Gasteiger partial charge is 0.457 e. The van der Waals surface area contributed by atoms with Gasteiger partial charge in [0, 0.05) is 33.9 Å². The number of benzene rings is 3. The number of alkyl halides is 12. The molecular formula is C26H14BrF13N2O2. The Morgan fingerprint density at radius 3 is 1.82 bits per heavy atom. The number of hydrogen-bond donors (Lipinski definition) is 1. The average Bonchev–Trinajstić information content (AvgIpc) is 2.91. The number of amides is 2. The van der Waals surface area contributed by atoms with Gasteiger partial charge in [0.1, 0.15) is 5.82 Å². The smallest absolute Gasteiger partial charge is 0.320 e. The van der Waals surface area contributed by atoms with E-state index in [0.717, 1.165) is 41.3 Å². The molecule has 0 aliphatic rings. The van der Waals surface area contributed by atoms with Gasteiger partial charge in [0.2, 0.25) is 0 Å². The zero-order valence-electron chi connectivity index (χ0n) is 21.3. The van der Waals surface area contributed by atoms with Crippen LogP contribution in [-0.4, -0.2) is 37.1 Å². The number of nitrogens with zero attached hydrogens (tertiary/aromatic N) is 1. The monoisotopic (exact) mass is 712 g/mol. The van der Waals surface area contributed by atoms with Gasteiger partial charge in [0.05, 0.1) is 11.3 Å². The molecule has 1 N–H and O–H groups in total. The summed E-state index contributed by atoms with van der Waals surface area (Å²) in [5, 5.41) is 1.66. The molecular weight excluding hydrogens is 699 g/mol. The number of hydrogen-bond acceptors (Lipinski definition) is 2. The van der Waals surface area contributed by atoms with Crippen molar-refractivity contribution in [1.29, 1.82) is 0 Å². The minimum atomic E-state index is -7.25. The summed E-state index contributed by atoms with van der Waals surface area (Å²) < 4.78 is 175. The minimum absolute atomic E-state index is 0.00138. The van der Waals surface area contributed by atoms with Crippen molar-refractivity contribution in [3.05, 3.63) is 93.2 Å². The van der Waals surface area contributed by atoms with E-state index in [9.17, 15) is 66.7 Å². The maximum absolute atomic E-state index is 14.9. The third kappa shape index (κ3) is 6.34. The second-order valence-electron chi connectivity index (χ2n) is 8.98. The molecule has 0 bridgehead atoms. The lowest BCUT2D eigenvalue weighted by atomic mass is 9.86. The van der Waals surface area contributed by atoms with Gasteiger partial charge in [-0.1, -0.05) is 6.07 Å². The number of carbonyl (C=O) groups is 2. The predicted octanol–water partition coefficient (Wildman–Crippen LogP) is 9.06.